The lowest BCUT2D eigenvalue weighted by Crippen LogP contribution is -1.97. The molecule has 1 aromatic rings. The molecule has 0 amide bonds. The molecule has 0 bridgehead atoms. The maximum absolute atomic E-state index is 5.70. The van der Waals surface area contributed by atoms with Crippen molar-refractivity contribution in [2.24, 2.45) is 0 Å². The monoisotopic (exact) mass is 218 g/mol. The van der Waals surface area contributed by atoms with Crippen molar-refractivity contribution in [1.29, 1.82) is 0 Å². The van der Waals surface area contributed by atoms with Gasteiger partial charge in [-0.15, -0.1) is 6.58 Å². The maximum atomic E-state index is 5.70. The zero-order valence-electron chi connectivity index (χ0n) is 10.5. The smallest absolute Gasteiger partial charge is 0.119 e. The van der Waals surface area contributed by atoms with Crippen LogP contribution in [0.1, 0.15) is 36.8 Å². The second-order valence-corrected chi connectivity index (χ2v) is 4.23. The molecule has 0 heterocycles. The van der Waals surface area contributed by atoms with Gasteiger partial charge >= 0.3 is 0 Å². The first kappa shape index (κ1) is 12.8. The number of rotatable bonds is 7. The molecular formula is C15H22O. The van der Waals surface area contributed by atoms with Gasteiger partial charge in [-0.25, -0.2) is 0 Å². The molecule has 0 N–H and O–H groups in total. The third-order valence-corrected chi connectivity index (χ3v) is 2.80. The van der Waals surface area contributed by atoms with Gasteiger partial charge in [0.2, 0.25) is 0 Å². The number of ether oxygens (including phenoxy) is 1. The molecule has 1 aromatic carbocycles. The molecule has 88 valence electrons. The minimum Gasteiger partial charge on any atom is -0.494 e. The second-order valence-electron chi connectivity index (χ2n) is 4.23. The van der Waals surface area contributed by atoms with Crippen molar-refractivity contribution in [1.82, 2.24) is 0 Å². The van der Waals surface area contributed by atoms with E-state index in [2.05, 4.69) is 32.6 Å². The number of unbranched alkanes of at least 4 members (excludes halogenated alkanes) is 3. The van der Waals surface area contributed by atoms with Gasteiger partial charge in [0, 0.05) is 0 Å². The minimum atomic E-state index is 0.819. The van der Waals surface area contributed by atoms with E-state index in [4.69, 9.17) is 4.74 Å². The van der Waals surface area contributed by atoms with Crippen molar-refractivity contribution in [2.45, 2.75) is 39.5 Å². The molecule has 0 spiro atoms. The molecule has 0 aromatic heterocycles. The van der Waals surface area contributed by atoms with Crippen LogP contribution in [0.15, 0.2) is 30.9 Å². The summed E-state index contributed by atoms with van der Waals surface area (Å²) in [6.07, 6.45) is 6.66. The van der Waals surface area contributed by atoms with E-state index >= 15 is 0 Å². The molecule has 16 heavy (non-hydrogen) atoms. The number of hydrogen-bond acceptors (Lipinski definition) is 1. The molecule has 0 unspecified atom stereocenters. The zero-order valence-corrected chi connectivity index (χ0v) is 10.5. The molecule has 0 aliphatic rings. The van der Waals surface area contributed by atoms with Crippen LogP contribution in [0.25, 0.3) is 0 Å². The molecule has 0 fully saturated rings. The van der Waals surface area contributed by atoms with E-state index < -0.39 is 0 Å². The minimum absolute atomic E-state index is 0.819. The Balaban J connectivity index is 2.21. The van der Waals surface area contributed by atoms with E-state index in [1.807, 2.05) is 12.1 Å². The largest absolute Gasteiger partial charge is 0.494 e. The van der Waals surface area contributed by atoms with Gasteiger partial charge in [0.1, 0.15) is 5.75 Å². The fourth-order valence-corrected chi connectivity index (χ4v) is 1.56. The average molecular weight is 218 g/mol. The molecule has 0 saturated carbocycles. The van der Waals surface area contributed by atoms with Gasteiger partial charge in [-0.05, 0) is 62.8 Å². The highest BCUT2D eigenvalue weighted by molar-refractivity contribution is 5.33. The predicted molar refractivity (Wildman–Crippen MR) is 70.1 cm³/mol. The molecule has 1 nitrogen and oxygen atoms in total. The van der Waals surface area contributed by atoms with Crippen LogP contribution in [0.2, 0.25) is 0 Å². The third-order valence-electron chi connectivity index (χ3n) is 2.80. The summed E-state index contributed by atoms with van der Waals surface area (Å²) in [7, 11) is 0. The molecular weight excluding hydrogens is 196 g/mol. The van der Waals surface area contributed by atoms with Crippen molar-refractivity contribution in [2.75, 3.05) is 6.61 Å². The van der Waals surface area contributed by atoms with Crippen molar-refractivity contribution in [3.63, 3.8) is 0 Å². The van der Waals surface area contributed by atoms with Gasteiger partial charge in [-0.2, -0.15) is 0 Å². The Bertz CT molecular complexity index is 328. The molecule has 0 aliphatic carbocycles. The van der Waals surface area contributed by atoms with E-state index in [-0.39, 0.29) is 0 Å². The van der Waals surface area contributed by atoms with Gasteiger partial charge in [-0.1, -0.05) is 12.1 Å². The fraction of sp³-hybridized carbons (Fsp3) is 0.467. The summed E-state index contributed by atoms with van der Waals surface area (Å²) in [5.74, 6) is 0.992. The molecule has 1 heteroatoms. The van der Waals surface area contributed by atoms with Crippen LogP contribution < -0.4 is 4.74 Å². The summed E-state index contributed by atoms with van der Waals surface area (Å²) in [5.41, 5.74) is 2.61. The number of benzene rings is 1. The number of aryl methyl sites for hydroxylation is 2. The Hall–Kier alpha value is -1.24. The highest BCUT2D eigenvalue weighted by Crippen LogP contribution is 2.16. The molecule has 0 saturated heterocycles. The molecule has 0 radical (unpaired) electrons. The van der Waals surface area contributed by atoms with Gasteiger partial charge in [0.25, 0.3) is 0 Å². The Labute approximate surface area is 99.1 Å². The average Bonchev–Trinajstić information content (AvgIpc) is 2.28. The highest BCUT2D eigenvalue weighted by Gasteiger charge is 1.96. The Morgan fingerprint density at radius 3 is 2.62 bits per heavy atom. The van der Waals surface area contributed by atoms with Crippen LogP contribution in [-0.2, 0) is 0 Å². The number of hydrogen-bond donors (Lipinski definition) is 0. The summed E-state index contributed by atoms with van der Waals surface area (Å²) >= 11 is 0. The molecule has 0 atom stereocenters. The summed E-state index contributed by atoms with van der Waals surface area (Å²) in [5, 5.41) is 0. The van der Waals surface area contributed by atoms with E-state index in [0.717, 1.165) is 25.2 Å². The zero-order chi connectivity index (χ0) is 11.8. The summed E-state index contributed by atoms with van der Waals surface area (Å²) in [6, 6.07) is 6.27. The highest BCUT2D eigenvalue weighted by atomic mass is 16.5. The molecule has 1 rings (SSSR count). The van der Waals surface area contributed by atoms with Crippen molar-refractivity contribution >= 4 is 0 Å². The van der Waals surface area contributed by atoms with Crippen molar-refractivity contribution in [3.8, 4) is 5.75 Å². The quantitative estimate of drug-likeness (QED) is 0.486. The SMILES string of the molecule is C=CCCCCCOc1ccc(C)c(C)c1. The van der Waals surface area contributed by atoms with Crippen LogP contribution >= 0.6 is 0 Å². The van der Waals surface area contributed by atoms with Crippen LogP contribution in [0.4, 0.5) is 0 Å². The van der Waals surface area contributed by atoms with Crippen LogP contribution in [0.3, 0.4) is 0 Å². The normalized spacial score (nSPS) is 10.1. The Morgan fingerprint density at radius 1 is 1.12 bits per heavy atom. The van der Waals surface area contributed by atoms with Crippen LogP contribution in [0, 0.1) is 13.8 Å². The first-order valence-corrected chi connectivity index (χ1v) is 6.05. The fourth-order valence-electron chi connectivity index (χ4n) is 1.56. The van der Waals surface area contributed by atoms with E-state index in [0.29, 0.717) is 0 Å². The standard InChI is InChI=1S/C15H22O/c1-4-5-6-7-8-11-16-15-10-9-13(2)14(3)12-15/h4,9-10,12H,1,5-8,11H2,2-3H3. The van der Waals surface area contributed by atoms with Crippen molar-refractivity contribution in [3.05, 3.63) is 42.0 Å². The first-order chi connectivity index (χ1) is 7.74. The molecule has 0 aliphatic heterocycles. The van der Waals surface area contributed by atoms with E-state index in [9.17, 15) is 0 Å². The van der Waals surface area contributed by atoms with E-state index in [1.54, 1.807) is 0 Å². The van der Waals surface area contributed by atoms with E-state index in [1.165, 1.54) is 24.0 Å². The first-order valence-electron chi connectivity index (χ1n) is 6.05. The number of allylic oxidation sites excluding steroid dienone is 1. The van der Waals surface area contributed by atoms with Crippen molar-refractivity contribution < 1.29 is 4.74 Å². The van der Waals surface area contributed by atoms with Gasteiger partial charge in [-0.3, -0.25) is 0 Å². The summed E-state index contributed by atoms with van der Waals surface area (Å²) < 4.78 is 5.70. The Kier molecular flexibility index (Phi) is 5.69. The van der Waals surface area contributed by atoms with Gasteiger partial charge in [0.15, 0.2) is 0 Å². The van der Waals surface area contributed by atoms with Gasteiger partial charge in [0.05, 0.1) is 6.61 Å². The second kappa shape index (κ2) is 7.10. The lowest BCUT2D eigenvalue weighted by molar-refractivity contribution is 0.305. The predicted octanol–water partition coefficient (Wildman–Crippen LogP) is 4.43. The lowest BCUT2D eigenvalue weighted by atomic mass is 10.1. The lowest BCUT2D eigenvalue weighted by Gasteiger charge is -2.07. The maximum Gasteiger partial charge on any atom is 0.119 e. The third kappa shape index (κ3) is 4.52. The van der Waals surface area contributed by atoms with Crippen LogP contribution in [-0.4, -0.2) is 6.61 Å². The summed E-state index contributed by atoms with van der Waals surface area (Å²) in [6.45, 7) is 8.77. The summed E-state index contributed by atoms with van der Waals surface area (Å²) in [4.78, 5) is 0. The van der Waals surface area contributed by atoms with Crippen LogP contribution in [0.5, 0.6) is 5.75 Å². The Morgan fingerprint density at radius 2 is 1.94 bits per heavy atom. The van der Waals surface area contributed by atoms with Gasteiger partial charge < -0.3 is 4.74 Å². The topological polar surface area (TPSA) is 9.23 Å².